The van der Waals surface area contributed by atoms with Gasteiger partial charge in [0.1, 0.15) is 5.69 Å². The minimum atomic E-state index is -0.352. The summed E-state index contributed by atoms with van der Waals surface area (Å²) in [4.78, 5) is 39.0. The fourth-order valence-corrected chi connectivity index (χ4v) is 6.61. The number of nitrogens with one attached hydrogen (secondary N) is 2. The van der Waals surface area contributed by atoms with E-state index in [1.54, 1.807) is 25.3 Å². The highest BCUT2D eigenvalue weighted by Crippen LogP contribution is 2.33. The van der Waals surface area contributed by atoms with Crippen molar-refractivity contribution in [2.75, 3.05) is 13.6 Å². The molecule has 6 rings (SSSR count). The second-order valence-corrected chi connectivity index (χ2v) is 11.8. The van der Waals surface area contributed by atoms with Crippen molar-refractivity contribution in [3.63, 3.8) is 0 Å². The molecule has 3 aromatic heterocycles. The maximum absolute atomic E-state index is 13.4. The Morgan fingerprint density at radius 3 is 2.77 bits per heavy atom. The molecule has 12 heteroatoms. The summed E-state index contributed by atoms with van der Waals surface area (Å²) in [7, 11) is 2.07. The van der Waals surface area contributed by atoms with Crippen LogP contribution in [0.15, 0.2) is 34.9 Å². The van der Waals surface area contributed by atoms with Gasteiger partial charge in [-0.25, -0.2) is 4.98 Å². The van der Waals surface area contributed by atoms with Crippen LogP contribution < -0.4 is 10.6 Å². The zero-order valence-corrected chi connectivity index (χ0v) is 23.2. The molecule has 2 amide bonds. The first-order valence-electron chi connectivity index (χ1n) is 13.0. The van der Waals surface area contributed by atoms with Crippen LogP contribution in [0.3, 0.4) is 0 Å². The molecule has 4 aromatic rings. The topological polar surface area (TPSA) is 126 Å². The zero-order valence-electron chi connectivity index (χ0n) is 21.6. The Bertz CT molecular complexity index is 1550. The normalized spacial score (nSPS) is 21.5. The summed E-state index contributed by atoms with van der Waals surface area (Å²) in [5, 5.41) is 17.3. The highest BCUT2D eigenvalue weighted by molar-refractivity contribution is 7.13. The summed E-state index contributed by atoms with van der Waals surface area (Å²) in [5.74, 6) is 0.508. The Morgan fingerprint density at radius 1 is 1.10 bits per heavy atom. The van der Waals surface area contributed by atoms with Crippen molar-refractivity contribution < 1.29 is 14.0 Å². The number of pyridine rings is 1. The van der Waals surface area contributed by atoms with E-state index in [-0.39, 0.29) is 29.8 Å². The van der Waals surface area contributed by atoms with E-state index in [2.05, 4.69) is 42.7 Å². The summed E-state index contributed by atoms with van der Waals surface area (Å²) in [5.41, 5.74) is 1.31. The van der Waals surface area contributed by atoms with Gasteiger partial charge in [-0.1, -0.05) is 17.7 Å². The molecule has 2 N–H and O–H groups in total. The highest BCUT2D eigenvalue weighted by Gasteiger charge is 2.36. The number of amides is 2. The van der Waals surface area contributed by atoms with E-state index in [0.717, 1.165) is 47.3 Å². The Kier molecular flexibility index (Phi) is 7.05. The van der Waals surface area contributed by atoms with Crippen LogP contribution in [-0.4, -0.2) is 62.6 Å². The van der Waals surface area contributed by atoms with Crippen molar-refractivity contribution in [3.8, 4) is 0 Å². The minimum absolute atomic E-state index is 0.0219. The van der Waals surface area contributed by atoms with Crippen molar-refractivity contribution in [2.45, 2.75) is 57.2 Å². The predicted octanol–water partition coefficient (Wildman–Crippen LogP) is 3.89. The number of hydrogen-bond acceptors (Lipinski definition) is 9. The lowest BCUT2D eigenvalue weighted by Gasteiger charge is -2.35. The number of aromatic nitrogens is 4. The van der Waals surface area contributed by atoms with E-state index in [0.29, 0.717) is 40.3 Å². The summed E-state index contributed by atoms with van der Waals surface area (Å²) < 4.78 is 5.70. The van der Waals surface area contributed by atoms with Gasteiger partial charge in [0.2, 0.25) is 11.8 Å². The molecule has 2 aliphatic rings. The first-order valence-corrected chi connectivity index (χ1v) is 14.2. The van der Waals surface area contributed by atoms with Gasteiger partial charge in [0.05, 0.1) is 11.7 Å². The Balaban J connectivity index is 1.21. The van der Waals surface area contributed by atoms with Crippen molar-refractivity contribution >= 4 is 45.5 Å². The standard InChI is InChI=1S/C27H28ClN7O3S/c1-14-33-34-26(38-14)16-4-6-19(30-24(36)22-10-15-3-5-18(28)9-17(15)12-29-22)21(11-16)31-25(37)27-32-20-7-8-35(2)13-23(20)39-27/h3,5,9-10,12,16,19,21H,4,6-8,11,13H2,1-2H3,(H,30,36)(H,31,37)/t16-,19-,21+/m0/s1. The fraction of sp³-hybridized carbons (Fsp3) is 0.407. The molecular formula is C27H28ClN7O3S. The number of hydrogen-bond donors (Lipinski definition) is 2. The van der Waals surface area contributed by atoms with Crippen LogP contribution in [0.2, 0.25) is 5.02 Å². The second-order valence-electron chi connectivity index (χ2n) is 10.3. The van der Waals surface area contributed by atoms with Gasteiger partial charge in [-0.15, -0.1) is 21.5 Å². The van der Waals surface area contributed by atoms with Crippen LogP contribution in [-0.2, 0) is 13.0 Å². The Labute approximate surface area is 234 Å². The monoisotopic (exact) mass is 565 g/mol. The number of thiazole rings is 1. The number of carbonyl (C=O) groups excluding carboxylic acids is 2. The summed E-state index contributed by atoms with van der Waals surface area (Å²) in [6.07, 6.45) is 4.40. The molecule has 4 heterocycles. The lowest BCUT2D eigenvalue weighted by Crippen LogP contribution is -2.54. The van der Waals surface area contributed by atoms with Crippen LogP contribution in [0, 0.1) is 6.92 Å². The van der Waals surface area contributed by atoms with Gasteiger partial charge >= 0.3 is 0 Å². The molecular weight excluding hydrogens is 538 g/mol. The number of aryl methyl sites for hydroxylation is 1. The summed E-state index contributed by atoms with van der Waals surface area (Å²) >= 11 is 7.52. The SMILES string of the molecule is Cc1nnc([C@H]2CC[C@H](NC(=O)c3cc4ccc(Cl)cc4cn3)[C@H](NC(=O)c3nc4c(s3)CN(C)CC4)C2)o1. The van der Waals surface area contributed by atoms with Gasteiger partial charge in [0.15, 0.2) is 5.01 Å². The van der Waals surface area contributed by atoms with Crippen LogP contribution in [0.1, 0.15) is 67.8 Å². The Hall–Kier alpha value is -3.41. The minimum Gasteiger partial charge on any atom is -0.425 e. The first-order chi connectivity index (χ1) is 18.8. The van der Waals surface area contributed by atoms with Crippen molar-refractivity contribution in [2.24, 2.45) is 0 Å². The fourth-order valence-electron chi connectivity index (χ4n) is 5.33. The molecule has 1 fully saturated rings. The van der Waals surface area contributed by atoms with Gasteiger partial charge < -0.3 is 20.0 Å². The molecule has 1 aliphatic carbocycles. The molecule has 3 atom stereocenters. The van der Waals surface area contributed by atoms with E-state index in [1.807, 2.05) is 12.1 Å². The van der Waals surface area contributed by atoms with Gasteiger partial charge in [-0.3, -0.25) is 14.6 Å². The molecule has 0 radical (unpaired) electrons. The summed E-state index contributed by atoms with van der Waals surface area (Å²) in [6.45, 7) is 3.48. The van der Waals surface area contributed by atoms with Crippen LogP contribution in [0.5, 0.6) is 0 Å². The van der Waals surface area contributed by atoms with Crippen molar-refractivity contribution in [3.05, 3.63) is 68.5 Å². The van der Waals surface area contributed by atoms with Crippen molar-refractivity contribution in [1.82, 2.24) is 35.7 Å². The smallest absolute Gasteiger partial charge is 0.280 e. The molecule has 1 aromatic carbocycles. The molecule has 0 spiro atoms. The number of benzene rings is 1. The van der Waals surface area contributed by atoms with Gasteiger partial charge in [-0.2, -0.15) is 0 Å². The van der Waals surface area contributed by atoms with E-state index in [4.69, 9.17) is 16.0 Å². The molecule has 1 aliphatic heterocycles. The molecule has 10 nitrogen and oxygen atoms in total. The lowest BCUT2D eigenvalue weighted by molar-refractivity contribution is 0.0850. The third-order valence-electron chi connectivity index (χ3n) is 7.41. The average molecular weight is 566 g/mol. The number of likely N-dealkylation sites (N-methyl/N-ethyl adjacent to an activating group) is 1. The number of halogens is 1. The Morgan fingerprint density at radius 2 is 1.95 bits per heavy atom. The third kappa shape index (κ3) is 5.52. The molecule has 1 saturated carbocycles. The molecule has 0 bridgehead atoms. The van der Waals surface area contributed by atoms with Gasteiger partial charge in [-0.05, 0) is 49.9 Å². The predicted molar refractivity (Wildman–Crippen MR) is 147 cm³/mol. The number of carbonyl (C=O) groups is 2. The third-order valence-corrected chi connectivity index (χ3v) is 8.72. The van der Waals surface area contributed by atoms with E-state index >= 15 is 0 Å². The van der Waals surface area contributed by atoms with E-state index < -0.39 is 0 Å². The average Bonchev–Trinajstić information content (AvgIpc) is 3.55. The first kappa shape index (κ1) is 25.8. The lowest BCUT2D eigenvalue weighted by atomic mass is 9.82. The second kappa shape index (κ2) is 10.6. The maximum Gasteiger partial charge on any atom is 0.280 e. The number of fused-ring (bicyclic) bond motifs is 2. The van der Waals surface area contributed by atoms with Gasteiger partial charge in [0, 0.05) is 59.9 Å². The van der Waals surface area contributed by atoms with Gasteiger partial charge in [0.25, 0.3) is 11.8 Å². The summed E-state index contributed by atoms with van der Waals surface area (Å²) in [6, 6.07) is 6.55. The van der Waals surface area contributed by atoms with Crippen molar-refractivity contribution in [1.29, 1.82) is 0 Å². The molecule has 0 unspecified atom stereocenters. The van der Waals surface area contributed by atoms with Crippen LogP contribution in [0.4, 0.5) is 0 Å². The molecule has 0 saturated heterocycles. The van der Waals surface area contributed by atoms with E-state index in [1.165, 1.54) is 11.3 Å². The number of rotatable bonds is 5. The zero-order chi connectivity index (χ0) is 27.1. The molecule has 202 valence electrons. The molecule has 39 heavy (non-hydrogen) atoms. The van der Waals surface area contributed by atoms with E-state index in [9.17, 15) is 9.59 Å². The van der Waals surface area contributed by atoms with Crippen LogP contribution >= 0.6 is 22.9 Å². The largest absolute Gasteiger partial charge is 0.425 e. The quantitative estimate of drug-likeness (QED) is 0.373. The van der Waals surface area contributed by atoms with Crippen LogP contribution in [0.25, 0.3) is 10.8 Å². The maximum atomic E-state index is 13.4. The number of nitrogens with zero attached hydrogens (tertiary/aromatic N) is 5. The highest BCUT2D eigenvalue weighted by atomic mass is 35.5.